The minimum atomic E-state index is 0.746. The molecule has 0 aliphatic rings. The van der Waals surface area contributed by atoms with Crippen LogP contribution in [0.3, 0.4) is 0 Å². The molecule has 1 heterocycles. The number of ether oxygens (including phenoxy) is 1. The van der Waals surface area contributed by atoms with E-state index in [9.17, 15) is 0 Å². The van der Waals surface area contributed by atoms with Crippen LogP contribution in [0.1, 0.15) is 31.4 Å². The van der Waals surface area contributed by atoms with Crippen LogP contribution < -0.4 is 5.32 Å². The molecule has 0 fully saturated rings. The summed E-state index contributed by atoms with van der Waals surface area (Å²) < 4.78 is 7.09. The molecule has 0 spiro atoms. The maximum atomic E-state index is 5.00. The molecule has 4 nitrogen and oxygen atoms in total. The van der Waals surface area contributed by atoms with Crippen molar-refractivity contribution in [2.24, 2.45) is 0 Å². The molecule has 0 saturated heterocycles. The highest BCUT2D eigenvalue weighted by Crippen LogP contribution is 2.05. The molecule has 1 aromatic rings. The van der Waals surface area contributed by atoms with E-state index in [0.29, 0.717) is 0 Å². The van der Waals surface area contributed by atoms with Gasteiger partial charge in [-0.25, -0.2) is 0 Å². The van der Waals surface area contributed by atoms with Crippen molar-refractivity contribution >= 4 is 0 Å². The van der Waals surface area contributed by atoms with Crippen molar-refractivity contribution < 1.29 is 4.74 Å². The summed E-state index contributed by atoms with van der Waals surface area (Å²) in [7, 11) is 1.72. The van der Waals surface area contributed by atoms with Gasteiger partial charge in [0.25, 0.3) is 0 Å². The van der Waals surface area contributed by atoms with Crippen LogP contribution >= 0.6 is 0 Å². The number of allylic oxidation sites excluding steroid dienone is 1. The van der Waals surface area contributed by atoms with Crippen LogP contribution in [-0.4, -0.2) is 30.0 Å². The Hall–Kier alpha value is -1.13. The molecule has 1 rings (SSSR count). The van der Waals surface area contributed by atoms with Gasteiger partial charge in [-0.1, -0.05) is 12.5 Å². The van der Waals surface area contributed by atoms with Gasteiger partial charge >= 0.3 is 0 Å². The van der Waals surface area contributed by atoms with Crippen molar-refractivity contribution in [2.45, 2.75) is 38.8 Å². The summed E-state index contributed by atoms with van der Waals surface area (Å²) in [4.78, 5) is 0. The van der Waals surface area contributed by atoms with Gasteiger partial charge in [0.15, 0.2) is 0 Å². The first-order valence-corrected chi connectivity index (χ1v) is 6.69. The van der Waals surface area contributed by atoms with Gasteiger partial charge in [-0.15, -0.1) is 6.58 Å². The van der Waals surface area contributed by atoms with E-state index in [4.69, 9.17) is 4.74 Å². The van der Waals surface area contributed by atoms with Crippen molar-refractivity contribution in [1.82, 2.24) is 15.1 Å². The fraction of sp³-hybridized carbons (Fsp3) is 0.643. The Kier molecular flexibility index (Phi) is 8.17. The molecule has 0 aromatic carbocycles. The highest BCUT2D eigenvalue weighted by atomic mass is 16.5. The van der Waals surface area contributed by atoms with Crippen molar-refractivity contribution in [1.29, 1.82) is 0 Å². The Morgan fingerprint density at radius 2 is 2.33 bits per heavy atom. The van der Waals surface area contributed by atoms with Crippen LogP contribution in [0.2, 0.25) is 0 Å². The van der Waals surface area contributed by atoms with Gasteiger partial charge in [-0.2, -0.15) is 5.10 Å². The lowest BCUT2D eigenvalue weighted by Gasteiger charge is -2.08. The summed E-state index contributed by atoms with van der Waals surface area (Å²) in [6.07, 6.45) is 8.62. The van der Waals surface area contributed by atoms with Crippen LogP contribution in [0.25, 0.3) is 0 Å². The summed E-state index contributed by atoms with van der Waals surface area (Å²) in [5.41, 5.74) is 1.25. The minimum Gasteiger partial charge on any atom is -0.383 e. The van der Waals surface area contributed by atoms with E-state index in [-0.39, 0.29) is 0 Å². The highest BCUT2D eigenvalue weighted by Gasteiger charge is 2.01. The average molecular weight is 251 g/mol. The molecule has 0 aliphatic carbocycles. The number of hydrogen-bond acceptors (Lipinski definition) is 3. The molecule has 0 bridgehead atoms. The number of aromatic nitrogens is 2. The van der Waals surface area contributed by atoms with Crippen LogP contribution in [0.4, 0.5) is 0 Å². The molecule has 18 heavy (non-hydrogen) atoms. The van der Waals surface area contributed by atoms with E-state index in [2.05, 4.69) is 27.7 Å². The highest BCUT2D eigenvalue weighted by molar-refractivity contribution is 4.99. The number of unbranched alkanes of at least 4 members (excludes halogenated alkanes) is 3. The predicted molar refractivity (Wildman–Crippen MR) is 74.5 cm³/mol. The Labute approximate surface area is 110 Å². The quantitative estimate of drug-likeness (QED) is 0.485. The molecular weight excluding hydrogens is 226 g/mol. The fourth-order valence-corrected chi connectivity index (χ4v) is 1.83. The lowest BCUT2D eigenvalue weighted by Crippen LogP contribution is -2.20. The van der Waals surface area contributed by atoms with E-state index in [1.54, 1.807) is 7.11 Å². The van der Waals surface area contributed by atoms with Crippen LogP contribution in [-0.2, 0) is 17.8 Å². The molecule has 0 aliphatic heterocycles. The van der Waals surface area contributed by atoms with Crippen LogP contribution in [0.15, 0.2) is 24.9 Å². The van der Waals surface area contributed by atoms with Crippen LogP contribution in [0, 0.1) is 0 Å². The molecule has 1 N–H and O–H groups in total. The van der Waals surface area contributed by atoms with Gasteiger partial charge < -0.3 is 10.1 Å². The number of rotatable bonds is 11. The number of hydrogen-bond donors (Lipinski definition) is 1. The molecule has 1 aromatic heterocycles. The van der Waals surface area contributed by atoms with Gasteiger partial charge in [-0.05, 0) is 25.3 Å². The monoisotopic (exact) mass is 251 g/mol. The zero-order valence-electron chi connectivity index (χ0n) is 11.4. The standard InChI is InChI=1S/C14H25N3O/c1-3-4-5-6-7-11-17-14(8-9-16-17)13-15-10-12-18-2/h3,8-9,15H,1,4-7,10-13H2,2H3. The third kappa shape index (κ3) is 5.98. The smallest absolute Gasteiger partial charge is 0.0587 e. The second kappa shape index (κ2) is 9.85. The molecule has 4 heteroatoms. The van der Waals surface area contributed by atoms with Gasteiger partial charge in [0.2, 0.25) is 0 Å². The third-order valence-corrected chi connectivity index (χ3v) is 2.87. The van der Waals surface area contributed by atoms with Gasteiger partial charge in [0.05, 0.1) is 12.3 Å². The Morgan fingerprint density at radius 1 is 1.44 bits per heavy atom. The molecule has 0 unspecified atom stereocenters. The molecular formula is C14H25N3O. The lowest BCUT2D eigenvalue weighted by atomic mass is 10.2. The molecule has 0 atom stereocenters. The Morgan fingerprint density at radius 3 is 3.11 bits per heavy atom. The van der Waals surface area contributed by atoms with E-state index in [0.717, 1.165) is 32.7 Å². The molecule has 0 saturated carbocycles. The SMILES string of the molecule is C=CCCCCCn1nccc1CNCCOC. The van der Waals surface area contributed by atoms with E-state index < -0.39 is 0 Å². The van der Waals surface area contributed by atoms with Gasteiger partial charge in [-0.3, -0.25) is 4.68 Å². The van der Waals surface area contributed by atoms with E-state index in [1.807, 2.05) is 12.3 Å². The lowest BCUT2D eigenvalue weighted by molar-refractivity contribution is 0.199. The van der Waals surface area contributed by atoms with Gasteiger partial charge in [0.1, 0.15) is 0 Å². The molecule has 102 valence electrons. The first kappa shape index (κ1) is 14.9. The minimum absolute atomic E-state index is 0.746. The second-order valence-electron chi connectivity index (χ2n) is 4.35. The number of nitrogens with one attached hydrogen (secondary N) is 1. The van der Waals surface area contributed by atoms with Crippen molar-refractivity contribution in [3.63, 3.8) is 0 Å². The largest absolute Gasteiger partial charge is 0.383 e. The normalized spacial score (nSPS) is 10.7. The van der Waals surface area contributed by atoms with Crippen molar-refractivity contribution in [2.75, 3.05) is 20.3 Å². The maximum Gasteiger partial charge on any atom is 0.0587 e. The summed E-state index contributed by atoms with van der Waals surface area (Å²) in [6, 6.07) is 2.07. The van der Waals surface area contributed by atoms with Gasteiger partial charge in [0, 0.05) is 32.9 Å². The Balaban J connectivity index is 2.20. The Bertz CT molecular complexity index is 323. The van der Waals surface area contributed by atoms with Crippen molar-refractivity contribution in [3.8, 4) is 0 Å². The third-order valence-electron chi connectivity index (χ3n) is 2.87. The van der Waals surface area contributed by atoms with E-state index in [1.165, 1.54) is 25.0 Å². The zero-order valence-corrected chi connectivity index (χ0v) is 11.4. The predicted octanol–water partition coefficient (Wildman–Crippen LogP) is 2.37. The summed E-state index contributed by atoms with van der Waals surface area (Å²) in [5.74, 6) is 0. The molecule has 0 radical (unpaired) electrons. The first-order valence-electron chi connectivity index (χ1n) is 6.69. The zero-order chi connectivity index (χ0) is 13.1. The first-order chi connectivity index (χ1) is 8.88. The average Bonchev–Trinajstić information content (AvgIpc) is 2.82. The number of methoxy groups -OCH3 is 1. The fourth-order valence-electron chi connectivity index (χ4n) is 1.83. The summed E-state index contributed by atoms with van der Waals surface area (Å²) in [5, 5.41) is 7.70. The summed E-state index contributed by atoms with van der Waals surface area (Å²) in [6.45, 7) is 7.22. The topological polar surface area (TPSA) is 39.1 Å². The van der Waals surface area contributed by atoms with E-state index >= 15 is 0 Å². The maximum absolute atomic E-state index is 5.00. The summed E-state index contributed by atoms with van der Waals surface area (Å²) >= 11 is 0. The molecule has 0 amide bonds. The van der Waals surface area contributed by atoms with Crippen LogP contribution in [0.5, 0.6) is 0 Å². The second-order valence-corrected chi connectivity index (χ2v) is 4.35. The number of aryl methyl sites for hydroxylation is 1. The van der Waals surface area contributed by atoms with Crippen molar-refractivity contribution in [3.05, 3.63) is 30.6 Å². The number of nitrogens with zero attached hydrogens (tertiary/aromatic N) is 2.